The summed E-state index contributed by atoms with van der Waals surface area (Å²) < 4.78 is 5.23. The van der Waals surface area contributed by atoms with E-state index in [2.05, 4.69) is 10.6 Å². The standard InChI is InChI=1S/C15H17ClN2O2S/c1-11-4-5-12(9-14(11)16)18-15(19)17-6-8-21-10-13-3-2-7-20-13/h2-5,7,9H,6,8,10H2,1H3,(H2,17,18,19). The molecule has 0 saturated heterocycles. The van der Waals surface area contributed by atoms with Crippen molar-refractivity contribution in [3.63, 3.8) is 0 Å². The van der Waals surface area contributed by atoms with Crippen molar-refractivity contribution in [2.24, 2.45) is 0 Å². The summed E-state index contributed by atoms with van der Waals surface area (Å²) in [4.78, 5) is 11.7. The predicted octanol–water partition coefficient (Wildman–Crippen LogP) is 4.30. The van der Waals surface area contributed by atoms with Crippen molar-refractivity contribution in [3.8, 4) is 0 Å². The summed E-state index contributed by atoms with van der Waals surface area (Å²) in [5, 5.41) is 6.19. The van der Waals surface area contributed by atoms with Crippen LogP contribution in [0.5, 0.6) is 0 Å². The zero-order valence-corrected chi connectivity index (χ0v) is 13.3. The van der Waals surface area contributed by atoms with E-state index in [-0.39, 0.29) is 6.03 Å². The minimum Gasteiger partial charge on any atom is -0.468 e. The monoisotopic (exact) mass is 324 g/mol. The number of thioether (sulfide) groups is 1. The number of furan rings is 1. The number of anilines is 1. The van der Waals surface area contributed by atoms with Gasteiger partial charge in [0.2, 0.25) is 0 Å². The Kier molecular flexibility index (Phi) is 6.02. The Labute approximate surface area is 133 Å². The summed E-state index contributed by atoms with van der Waals surface area (Å²) in [7, 11) is 0. The van der Waals surface area contributed by atoms with Crippen LogP contribution in [0.4, 0.5) is 10.5 Å². The molecule has 6 heteroatoms. The molecule has 2 aromatic rings. The number of benzene rings is 1. The van der Waals surface area contributed by atoms with Gasteiger partial charge in [0.25, 0.3) is 0 Å². The van der Waals surface area contributed by atoms with Gasteiger partial charge < -0.3 is 15.1 Å². The molecule has 0 spiro atoms. The largest absolute Gasteiger partial charge is 0.468 e. The van der Waals surface area contributed by atoms with Crippen molar-refractivity contribution < 1.29 is 9.21 Å². The lowest BCUT2D eigenvalue weighted by molar-refractivity contribution is 0.252. The van der Waals surface area contributed by atoms with E-state index < -0.39 is 0 Å². The fourth-order valence-corrected chi connectivity index (χ4v) is 2.59. The lowest BCUT2D eigenvalue weighted by Gasteiger charge is -2.08. The summed E-state index contributed by atoms with van der Waals surface area (Å²) in [6.07, 6.45) is 1.66. The molecule has 0 bridgehead atoms. The van der Waals surface area contributed by atoms with E-state index in [0.717, 1.165) is 22.8 Å². The zero-order chi connectivity index (χ0) is 15.1. The van der Waals surface area contributed by atoms with E-state index in [9.17, 15) is 4.79 Å². The molecule has 4 nitrogen and oxygen atoms in total. The number of hydrogen-bond donors (Lipinski definition) is 2. The molecule has 0 radical (unpaired) electrons. The van der Waals surface area contributed by atoms with Crippen molar-refractivity contribution >= 4 is 35.1 Å². The first-order valence-electron chi connectivity index (χ1n) is 6.56. The number of rotatable bonds is 6. The molecule has 1 aromatic carbocycles. The van der Waals surface area contributed by atoms with Crippen LogP contribution < -0.4 is 10.6 Å². The molecule has 2 rings (SSSR count). The molecule has 1 aromatic heterocycles. The molecule has 0 unspecified atom stereocenters. The number of aryl methyl sites for hydroxylation is 1. The fraction of sp³-hybridized carbons (Fsp3) is 0.267. The summed E-state index contributed by atoms with van der Waals surface area (Å²) in [5.74, 6) is 2.57. The first-order chi connectivity index (χ1) is 10.1. The van der Waals surface area contributed by atoms with Gasteiger partial charge in [0.05, 0.1) is 12.0 Å². The topological polar surface area (TPSA) is 54.3 Å². The van der Waals surface area contributed by atoms with Crippen molar-refractivity contribution in [3.05, 3.63) is 52.9 Å². The lowest BCUT2D eigenvalue weighted by Crippen LogP contribution is -2.30. The second-order valence-electron chi connectivity index (χ2n) is 4.48. The van der Waals surface area contributed by atoms with Crippen LogP contribution in [-0.4, -0.2) is 18.3 Å². The smallest absolute Gasteiger partial charge is 0.319 e. The van der Waals surface area contributed by atoms with E-state index in [0.29, 0.717) is 17.3 Å². The predicted molar refractivity (Wildman–Crippen MR) is 88.1 cm³/mol. The van der Waals surface area contributed by atoms with Crippen LogP contribution >= 0.6 is 23.4 Å². The van der Waals surface area contributed by atoms with Gasteiger partial charge in [0, 0.05) is 23.0 Å². The molecule has 21 heavy (non-hydrogen) atoms. The maximum Gasteiger partial charge on any atom is 0.319 e. The summed E-state index contributed by atoms with van der Waals surface area (Å²) >= 11 is 7.71. The average Bonchev–Trinajstić information content (AvgIpc) is 2.96. The number of amides is 2. The number of carbonyl (C=O) groups is 1. The molecule has 0 aliphatic carbocycles. The first kappa shape index (κ1) is 15.8. The molecule has 0 atom stereocenters. The normalized spacial score (nSPS) is 10.4. The van der Waals surface area contributed by atoms with Gasteiger partial charge in [0.1, 0.15) is 5.76 Å². The minimum atomic E-state index is -0.228. The van der Waals surface area contributed by atoms with Crippen molar-refractivity contribution in [2.45, 2.75) is 12.7 Å². The van der Waals surface area contributed by atoms with E-state index in [1.54, 1.807) is 24.1 Å². The maximum absolute atomic E-state index is 11.7. The summed E-state index contributed by atoms with van der Waals surface area (Å²) in [6.45, 7) is 2.51. The van der Waals surface area contributed by atoms with Crippen LogP contribution in [-0.2, 0) is 5.75 Å². The number of urea groups is 1. The van der Waals surface area contributed by atoms with Crippen LogP contribution in [0.2, 0.25) is 5.02 Å². The Morgan fingerprint density at radius 2 is 2.24 bits per heavy atom. The molecule has 2 amide bonds. The zero-order valence-electron chi connectivity index (χ0n) is 11.7. The highest BCUT2D eigenvalue weighted by molar-refractivity contribution is 7.98. The maximum atomic E-state index is 11.7. The van der Waals surface area contributed by atoms with Crippen molar-refractivity contribution in [1.82, 2.24) is 5.32 Å². The summed E-state index contributed by atoms with van der Waals surface area (Å²) in [6, 6.07) is 9.02. The number of carbonyl (C=O) groups excluding carboxylic acids is 1. The molecule has 1 heterocycles. The van der Waals surface area contributed by atoms with Gasteiger partial charge in [0.15, 0.2) is 0 Å². The Morgan fingerprint density at radius 1 is 1.38 bits per heavy atom. The quantitative estimate of drug-likeness (QED) is 0.779. The molecular formula is C15H17ClN2O2S. The molecule has 0 saturated carbocycles. The molecule has 0 aliphatic rings. The molecule has 2 N–H and O–H groups in total. The highest BCUT2D eigenvalue weighted by Gasteiger charge is 2.03. The van der Waals surface area contributed by atoms with E-state index in [4.69, 9.17) is 16.0 Å². The minimum absolute atomic E-state index is 0.228. The SMILES string of the molecule is Cc1ccc(NC(=O)NCCSCc2ccco2)cc1Cl. The fourth-order valence-electron chi connectivity index (χ4n) is 1.65. The third kappa shape index (κ3) is 5.36. The second kappa shape index (κ2) is 8.00. The second-order valence-corrected chi connectivity index (χ2v) is 5.99. The van der Waals surface area contributed by atoms with Crippen LogP contribution in [0.15, 0.2) is 41.0 Å². The van der Waals surface area contributed by atoms with Crippen LogP contribution in [0, 0.1) is 6.92 Å². The Hall–Kier alpha value is -1.59. The first-order valence-corrected chi connectivity index (χ1v) is 8.09. The van der Waals surface area contributed by atoms with Gasteiger partial charge in [-0.15, -0.1) is 0 Å². The third-order valence-electron chi connectivity index (χ3n) is 2.79. The Balaban J connectivity index is 1.64. The third-order valence-corrected chi connectivity index (χ3v) is 4.17. The number of nitrogens with one attached hydrogen (secondary N) is 2. The van der Waals surface area contributed by atoms with Gasteiger partial charge in [-0.3, -0.25) is 0 Å². The number of hydrogen-bond acceptors (Lipinski definition) is 3. The Bertz CT molecular complexity index is 587. The molecule has 0 aliphatic heterocycles. The highest BCUT2D eigenvalue weighted by Crippen LogP contribution is 2.19. The van der Waals surface area contributed by atoms with E-state index in [1.807, 2.05) is 31.2 Å². The summed E-state index contributed by atoms with van der Waals surface area (Å²) in [5.41, 5.74) is 1.67. The molecule has 112 valence electrons. The van der Waals surface area contributed by atoms with Crippen LogP contribution in [0.25, 0.3) is 0 Å². The average molecular weight is 325 g/mol. The van der Waals surface area contributed by atoms with Crippen LogP contribution in [0.3, 0.4) is 0 Å². The van der Waals surface area contributed by atoms with Crippen molar-refractivity contribution in [2.75, 3.05) is 17.6 Å². The van der Waals surface area contributed by atoms with Crippen LogP contribution in [0.1, 0.15) is 11.3 Å². The number of halogens is 1. The Morgan fingerprint density at radius 3 is 2.95 bits per heavy atom. The van der Waals surface area contributed by atoms with Gasteiger partial charge in [-0.1, -0.05) is 17.7 Å². The van der Waals surface area contributed by atoms with Gasteiger partial charge in [-0.05, 0) is 36.8 Å². The van der Waals surface area contributed by atoms with Gasteiger partial charge in [-0.25, -0.2) is 4.79 Å². The van der Waals surface area contributed by atoms with Crippen molar-refractivity contribution in [1.29, 1.82) is 0 Å². The lowest BCUT2D eigenvalue weighted by atomic mass is 10.2. The molecular weight excluding hydrogens is 308 g/mol. The molecule has 0 fully saturated rings. The van der Waals surface area contributed by atoms with E-state index >= 15 is 0 Å². The van der Waals surface area contributed by atoms with E-state index in [1.165, 1.54) is 0 Å². The van der Waals surface area contributed by atoms with Gasteiger partial charge in [-0.2, -0.15) is 11.8 Å². The van der Waals surface area contributed by atoms with Gasteiger partial charge >= 0.3 is 6.03 Å². The highest BCUT2D eigenvalue weighted by atomic mass is 35.5.